The number of sulfonamides is 2. The summed E-state index contributed by atoms with van der Waals surface area (Å²) in [6.07, 6.45) is 1.84. The molecule has 2 aliphatic rings. The fourth-order valence-electron chi connectivity index (χ4n) is 3.59. The topological polar surface area (TPSA) is 114 Å². The number of hydrogen-bond donors (Lipinski definition) is 3. The Balaban J connectivity index is 1.53. The lowest BCUT2D eigenvalue weighted by atomic mass is 10.2. The Morgan fingerprint density at radius 3 is 2.03 bits per heavy atom. The molecule has 2 aliphatic carbocycles. The molecule has 2 fully saturated rings. The number of halogens is 4. The molecule has 0 heterocycles. The van der Waals surface area contributed by atoms with Gasteiger partial charge in [-0.05, 0) is 84.7 Å². The van der Waals surface area contributed by atoms with Gasteiger partial charge in [0.1, 0.15) is 28.9 Å². The van der Waals surface area contributed by atoms with Crippen LogP contribution >= 0.6 is 22.6 Å². The molecule has 202 valence electrons. The number of rotatable bonds is 10. The van der Waals surface area contributed by atoms with Crippen LogP contribution in [-0.4, -0.2) is 27.3 Å². The zero-order valence-corrected chi connectivity index (χ0v) is 23.3. The van der Waals surface area contributed by atoms with Gasteiger partial charge in [0.15, 0.2) is 5.75 Å². The molecule has 0 unspecified atom stereocenters. The van der Waals surface area contributed by atoms with E-state index in [0.717, 1.165) is 24.3 Å². The summed E-state index contributed by atoms with van der Waals surface area (Å²) in [5, 5.41) is 1.47. The minimum absolute atomic E-state index is 0.0348. The third-order valence-electron chi connectivity index (χ3n) is 5.86. The minimum atomic E-state index is -3.88. The summed E-state index contributed by atoms with van der Waals surface area (Å²) < 4.78 is 105. The zero-order chi connectivity index (χ0) is 27.2. The van der Waals surface area contributed by atoms with Crippen LogP contribution in [0.1, 0.15) is 25.7 Å². The Morgan fingerprint density at radius 2 is 1.39 bits per heavy atom. The quantitative estimate of drug-likeness (QED) is 0.225. The smallest absolute Gasteiger partial charge is 0.235 e. The normalized spacial score (nSPS) is 15.7. The molecule has 0 spiro atoms. The minimum Gasteiger partial charge on any atom is -0.455 e. The summed E-state index contributed by atoms with van der Waals surface area (Å²) in [5.74, 6) is -2.73. The Hall–Kier alpha value is -2.72. The van der Waals surface area contributed by atoms with E-state index in [4.69, 9.17) is 4.74 Å². The monoisotopic (exact) mass is 679 g/mol. The van der Waals surface area contributed by atoms with Crippen molar-refractivity contribution < 1.29 is 34.7 Å². The zero-order valence-electron chi connectivity index (χ0n) is 19.5. The second kappa shape index (κ2) is 10.1. The molecule has 0 atom stereocenters. The van der Waals surface area contributed by atoms with Gasteiger partial charge in [-0.3, -0.25) is 9.44 Å². The van der Waals surface area contributed by atoms with Gasteiger partial charge in [0.2, 0.25) is 20.0 Å². The molecule has 0 saturated heterocycles. The Bertz CT molecular complexity index is 1630. The average molecular weight is 679 g/mol. The number of ether oxygens (including phenoxy) is 1. The van der Waals surface area contributed by atoms with E-state index in [9.17, 15) is 30.0 Å². The van der Waals surface area contributed by atoms with Crippen molar-refractivity contribution in [1.29, 1.82) is 0 Å². The first-order chi connectivity index (χ1) is 17.9. The summed E-state index contributed by atoms with van der Waals surface area (Å²) in [5.41, 5.74) is -0.723. The highest BCUT2D eigenvalue weighted by Gasteiger charge is 2.37. The van der Waals surface area contributed by atoms with Crippen molar-refractivity contribution in [1.82, 2.24) is 0 Å². The highest BCUT2D eigenvalue weighted by molar-refractivity contribution is 14.1. The molecule has 14 heteroatoms. The molecule has 8 nitrogen and oxygen atoms in total. The van der Waals surface area contributed by atoms with Gasteiger partial charge >= 0.3 is 0 Å². The molecule has 0 aromatic heterocycles. The SMILES string of the molecule is O=S(=O)(Nc1cc(Oc2cc(F)cc(Nc3ccc(I)cc3F)c2NS(=O)(=O)C2CC2)ccc1F)C1CC1. The molecule has 0 bridgehead atoms. The lowest BCUT2D eigenvalue weighted by Crippen LogP contribution is -2.19. The van der Waals surface area contributed by atoms with E-state index in [1.54, 1.807) is 6.07 Å². The van der Waals surface area contributed by atoms with Crippen molar-refractivity contribution >= 4 is 65.4 Å². The summed E-state index contributed by atoms with van der Waals surface area (Å²) >= 11 is 1.93. The second-order valence-electron chi connectivity index (χ2n) is 9.01. The van der Waals surface area contributed by atoms with Crippen LogP contribution in [0.15, 0.2) is 48.5 Å². The van der Waals surface area contributed by atoms with E-state index in [2.05, 4.69) is 14.8 Å². The van der Waals surface area contributed by atoms with Gasteiger partial charge in [-0.25, -0.2) is 30.0 Å². The van der Waals surface area contributed by atoms with Gasteiger partial charge < -0.3 is 10.1 Å². The highest BCUT2D eigenvalue weighted by atomic mass is 127. The first-order valence-corrected chi connectivity index (χ1v) is 15.6. The van der Waals surface area contributed by atoms with Crippen LogP contribution < -0.4 is 19.5 Å². The van der Waals surface area contributed by atoms with Crippen molar-refractivity contribution in [2.24, 2.45) is 0 Å². The van der Waals surface area contributed by atoms with Crippen molar-refractivity contribution in [3.63, 3.8) is 0 Å². The lowest BCUT2D eigenvalue weighted by Gasteiger charge is -2.19. The van der Waals surface area contributed by atoms with Crippen molar-refractivity contribution in [2.45, 2.75) is 36.2 Å². The first kappa shape index (κ1) is 26.9. The van der Waals surface area contributed by atoms with E-state index in [0.29, 0.717) is 29.3 Å². The van der Waals surface area contributed by atoms with Gasteiger partial charge in [-0.15, -0.1) is 0 Å². The standard InChI is InChI=1S/C24H21F3IN3O5S2/c25-13-9-22(29-20-8-1-14(28)11-19(20)27)24(31-38(34,35)17-5-6-17)23(10-13)36-15-2-7-18(26)21(12-15)30-37(32,33)16-3-4-16/h1-2,7-12,16-17,29-31H,3-6H2. The van der Waals surface area contributed by atoms with Crippen molar-refractivity contribution in [3.05, 3.63) is 69.6 Å². The third kappa shape index (κ3) is 6.12. The fourth-order valence-corrected chi connectivity index (χ4v) is 6.85. The Labute approximate surface area is 231 Å². The summed E-state index contributed by atoms with van der Waals surface area (Å²) in [6.45, 7) is 0. The van der Waals surface area contributed by atoms with Gasteiger partial charge in [0.05, 0.1) is 27.6 Å². The molecule has 0 amide bonds. The average Bonchev–Trinajstić information content (AvgIpc) is 3.71. The molecule has 0 radical (unpaired) electrons. The van der Waals surface area contributed by atoms with Crippen LogP contribution in [0.4, 0.5) is 35.9 Å². The fraction of sp³-hybridized carbons (Fsp3) is 0.250. The van der Waals surface area contributed by atoms with Crippen LogP contribution in [0.3, 0.4) is 0 Å². The molecule has 2 saturated carbocycles. The van der Waals surface area contributed by atoms with E-state index in [1.807, 2.05) is 22.6 Å². The molecular formula is C24H21F3IN3O5S2. The van der Waals surface area contributed by atoms with E-state index >= 15 is 0 Å². The second-order valence-corrected chi connectivity index (χ2v) is 14.2. The molecule has 5 rings (SSSR count). The van der Waals surface area contributed by atoms with Crippen molar-refractivity contribution in [2.75, 3.05) is 14.8 Å². The Kier molecular flexibility index (Phi) is 7.15. The predicted molar refractivity (Wildman–Crippen MR) is 146 cm³/mol. The molecule has 38 heavy (non-hydrogen) atoms. The van der Waals surface area contributed by atoms with Gasteiger partial charge in [-0.1, -0.05) is 0 Å². The Morgan fingerprint density at radius 1 is 0.737 bits per heavy atom. The molecular weight excluding hydrogens is 658 g/mol. The summed E-state index contributed by atoms with van der Waals surface area (Å²) in [4.78, 5) is 0. The third-order valence-corrected chi connectivity index (χ3v) is 10.2. The largest absolute Gasteiger partial charge is 0.455 e. The van der Waals surface area contributed by atoms with Crippen LogP contribution in [0.5, 0.6) is 11.5 Å². The summed E-state index contributed by atoms with van der Waals surface area (Å²) in [6, 6.07) is 9.39. The van der Waals surface area contributed by atoms with E-state index in [-0.39, 0.29) is 34.2 Å². The van der Waals surface area contributed by atoms with Crippen LogP contribution in [-0.2, 0) is 20.0 Å². The number of hydrogen-bond acceptors (Lipinski definition) is 6. The lowest BCUT2D eigenvalue weighted by molar-refractivity contribution is 0.478. The molecule has 3 aromatic carbocycles. The van der Waals surface area contributed by atoms with E-state index < -0.39 is 48.0 Å². The predicted octanol–water partition coefficient (Wildman–Crippen LogP) is 6.05. The number of nitrogens with one attached hydrogen (secondary N) is 3. The molecule has 0 aliphatic heterocycles. The molecule has 3 N–H and O–H groups in total. The highest BCUT2D eigenvalue weighted by Crippen LogP contribution is 2.42. The maximum atomic E-state index is 14.7. The number of benzene rings is 3. The number of anilines is 4. The summed E-state index contributed by atoms with van der Waals surface area (Å²) in [7, 11) is -7.67. The van der Waals surface area contributed by atoms with Crippen LogP contribution in [0.25, 0.3) is 0 Å². The maximum Gasteiger partial charge on any atom is 0.235 e. The van der Waals surface area contributed by atoms with Crippen LogP contribution in [0, 0.1) is 21.0 Å². The maximum absolute atomic E-state index is 14.7. The van der Waals surface area contributed by atoms with Crippen molar-refractivity contribution in [3.8, 4) is 11.5 Å². The van der Waals surface area contributed by atoms with Gasteiger partial charge in [-0.2, -0.15) is 0 Å². The molecule has 3 aromatic rings. The van der Waals surface area contributed by atoms with Gasteiger partial charge in [0.25, 0.3) is 0 Å². The van der Waals surface area contributed by atoms with Gasteiger partial charge in [0, 0.05) is 15.7 Å². The van der Waals surface area contributed by atoms with Crippen LogP contribution in [0.2, 0.25) is 0 Å². The van der Waals surface area contributed by atoms with E-state index in [1.165, 1.54) is 18.2 Å². The first-order valence-electron chi connectivity index (χ1n) is 11.5.